The Labute approximate surface area is 102 Å². The van der Waals surface area contributed by atoms with Crippen molar-refractivity contribution in [3.05, 3.63) is 26.6 Å². The molecule has 7 heteroatoms. The molecule has 78 valence electrons. The number of rotatable bonds is 2. The third-order valence-electron chi connectivity index (χ3n) is 1.59. The Kier molecular flexibility index (Phi) is 3.93. The van der Waals surface area contributed by atoms with Crippen LogP contribution in [0.3, 0.4) is 0 Å². The molecule has 1 aromatic heterocycles. The molecule has 1 aromatic rings. The summed E-state index contributed by atoms with van der Waals surface area (Å²) in [6.07, 6.45) is -1.77. The molecule has 3 nitrogen and oxygen atoms in total. The molecule has 0 aliphatic heterocycles. The van der Waals surface area contributed by atoms with E-state index < -0.39 is 22.8 Å². The van der Waals surface area contributed by atoms with Crippen molar-refractivity contribution in [2.45, 2.75) is 6.43 Å². The summed E-state index contributed by atoms with van der Waals surface area (Å²) in [6, 6.07) is 1.55. The molecule has 1 rings (SSSR count). The van der Waals surface area contributed by atoms with Crippen LogP contribution in [0.2, 0.25) is 0 Å². The highest BCUT2D eigenvalue weighted by molar-refractivity contribution is 14.1. The largest absolute Gasteiger partial charge is 0.275 e. The third kappa shape index (κ3) is 2.41. The first-order valence-electron chi connectivity index (χ1n) is 3.55. The van der Waals surface area contributed by atoms with Crippen LogP contribution in [0.1, 0.15) is 28.0 Å². The van der Waals surface area contributed by atoms with Crippen LogP contribution in [-0.4, -0.2) is 10.2 Å². The number of nitriles is 1. The van der Waals surface area contributed by atoms with Crippen molar-refractivity contribution in [2.75, 3.05) is 0 Å². The number of alkyl halides is 2. The van der Waals surface area contributed by atoms with E-state index in [1.165, 1.54) is 0 Å². The lowest BCUT2D eigenvalue weighted by molar-refractivity contribution is 0.106. The van der Waals surface area contributed by atoms with Crippen LogP contribution >= 0.6 is 34.2 Å². The summed E-state index contributed by atoms with van der Waals surface area (Å²) in [5.41, 5.74) is -1.44. The fourth-order valence-electron chi connectivity index (χ4n) is 0.999. The number of pyridine rings is 1. The predicted molar refractivity (Wildman–Crippen MR) is 56.8 cm³/mol. The fraction of sp³-hybridized carbons (Fsp3) is 0.125. The van der Waals surface area contributed by atoms with E-state index in [0.717, 1.165) is 6.20 Å². The first-order chi connectivity index (χ1) is 6.99. The van der Waals surface area contributed by atoms with Gasteiger partial charge in [0.15, 0.2) is 5.69 Å². The lowest BCUT2D eigenvalue weighted by Crippen LogP contribution is -2.06. The molecule has 1 heterocycles. The molecule has 0 atom stereocenters. The quantitative estimate of drug-likeness (QED) is 0.613. The van der Waals surface area contributed by atoms with Gasteiger partial charge in [0.25, 0.3) is 11.7 Å². The minimum atomic E-state index is -2.87. The van der Waals surface area contributed by atoms with Crippen LogP contribution in [0.25, 0.3) is 0 Å². The average molecular weight is 342 g/mol. The summed E-state index contributed by atoms with van der Waals surface area (Å²) < 4.78 is 25.3. The van der Waals surface area contributed by atoms with Crippen LogP contribution in [0, 0.1) is 14.9 Å². The van der Waals surface area contributed by atoms with E-state index in [1.807, 2.05) is 0 Å². The second kappa shape index (κ2) is 4.81. The molecule has 0 aliphatic carbocycles. The lowest BCUT2D eigenvalue weighted by atomic mass is 10.1. The number of halogens is 4. The van der Waals surface area contributed by atoms with Crippen molar-refractivity contribution >= 4 is 39.4 Å². The number of aromatic nitrogens is 1. The van der Waals surface area contributed by atoms with Gasteiger partial charge < -0.3 is 0 Å². The van der Waals surface area contributed by atoms with Crippen molar-refractivity contribution in [3.63, 3.8) is 0 Å². The predicted octanol–water partition coefficient (Wildman–Crippen LogP) is 2.87. The van der Waals surface area contributed by atoms with Crippen molar-refractivity contribution in [1.29, 1.82) is 5.26 Å². The Morgan fingerprint density at radius 1 is 1.67 bits per heavy atom. The van der Waals surface area contributed by atoms with Crippen LogP contribution in [0.4, 0.5) is 8.78 Å². The van der Waals surface area contributed by atoms with Crippen molar-refractivity contribution < 1.29 is 13.6 Å². The van der Waals surface area contributed by atoms with Crippen LogP contribution in [0.15, 0.2) is 6.20 Å². The first kappa shape index (κ1) is 12.3. The summed E-state index contributed by atoms with van der Waals surface area (Å²) >= 11 is 6.75. The smallest absolute Gasteiger partial charge is 0.265 e. The number of nitrogens with zero attached hydrogens (tertiary/aromatic N) is 2. The topological polar surface area (TPSA) is 53.8 Å². The van der Waals surface area contributed by atoms with Gasteiger partial charge in [0.1, 0.15) is 6.07 Å². The van der Waals surface area contributed by atoms with Gasteiger partial charge in [-0.2, -0.15) is 5.26 Å². The molecule has 0 spiro atoms. The number of carbonyl (C=O) groups excluding carboxylic acids is 1. The zero-order chi connectivity index (χ0) is 11.6. The molecular weight excluding hydrogens is 340 g/mol. The van der Waals surface area contributed by atoms with Gasteiger partial charge in [-0.15, -0.1) is 0 Å². The number of hydrogen-bond donors (Lipinski definition) is 0. The average Bonchev–Trinajstić information content (AvgIpc) is 2.16. The summed E-state index contributed by atoms with van der Waals surface area (Å²) in [5.74, 6) is 0. The minimum Gasteiger partial charge on any atom is -0.275 e. The van der Waals surface area contributed by atoms with E-state index in [9.17, 15) is 13.6 Å². The molecular formula is C8H2ClF2IN2O. The van der Waals surface area contributed by atoms with Crippen LogP contribution < -0.4 is 0 Å². The van der Waals surface area contributed by atoms with E-state index in [1.54, 1.807) is 28.7 Å². The number of hydrogen-bond acceptors (Lipinski definition) is 3. The molecule has 0 aliphatic rings. The van der Waals surface area contributed by atoms with Gasteiger partial charge in [0, 0.05) is 15.3 Å². The Bertz CT molecular complexity index is 459. The molecule has 0 saturated heterocycles. The maximum absolute atomic E-state index is 12.6. The first-order valence-corrected chi connectivity index (χ1v) is 5.01. The SMILES string of the molecule is N#Cc1ncc(I)c(C(F)F)c1C(=O)Cl. The number of carbonyl (C=O) groups is 1. The highest BCUT2D eigenvalue weighted by atomic mass is 127. The van der Waals surface area contributed by atoms with E-state index in [2.05, 4.69) is 4.98 Å². The molecule has 0 radical (unpaired) electrons. The second-order valence-corrected chi connectivity index (χ2v) is 3.94. The Morgan fingerprint density at radius 2 is 2.27 bits per heavy atom. The highest BCUT2D eigenvalue weighted by Gasteiger charge is 2.24. The van der Waals surface area contributed by atoms with E-state index in [-0.39, 0.29) is 9.26 Å². The lowest BCUT2D eigenvalue weighted by Gasteiger charge is -2.07. The maximum atomic E-state index is 12.6. The summed E-state index contributed by atoms with van der Waals surface area (Å²) in [6.45, 7) is 0. The Morgan fingerprint density at radius 3 is 2.67 bits per heavy atom. The van der Waals surface area contributed by atoms with Gasteiger partial charge >= 0.3 is 0 Å². The molecule has 0 unspecified atom stereocenters. The van der Waals surface area contributed by atoms with Crippen molar-refractivity contribution in [2.24, 2.45) is 0 Å². The monoisotopic (exact) mass is 342 g/mol. The standard InChI is InChI=1S/C8H2ClF2IN2O/c9-7(15)6-4(1-13)14-2-3(12)5(6)8(10)11/h2,8H. The summed E-state index contributed by atoms with van der Waals surface area (Å²) in [7, 11) is 0. The second-order valence-electron chi connectivity index (χ2n) is 2.43. The third-order valence-corrected chi connectivity index (χ3v) is 2.64. The zero-order valence-corrected chi connectivity index (χ0v) is 9.88. The van der Waals surface area contributed by atoms with Crippen molar-refractivity contribution in [3.8, 4) is 6.07 Å². The van der Waals surface area contributed by atoms with Gasteiger partial charge in [-0.3, -0.25) is 4.79 Å². The van der Waals surface area contributed by atoms with E-state index in [4.69, 9.17) is 16.9 Å². The van der Waals surface area contributed by atoms with Gasteiger partial charge in [-0.1, -0.05) is 0 Å². The molecule has 0 N–H and O–H groups in total. The summed E-state index contributed by atoms with van der Waals surface area (Å²) in [4.78, 5) is 14.5. The highest BCUT2D eigenvalue weighted by Crippen LogP contribution is 2.29. The maximum Gasteiger partial charge on any atom is 0.265 e. The van der Waals surface area contributed by atoms with Gasteiger partial charge in [0.05, 0.1) is 5.56 Å². The van der Waals surface area contributed by atoms with Crippen LogP contribution in [-0.2, 0) is 0 Å². The minimum absolute atomic E-state index is 0.102. The van der Waals surface area contributed by atoms with Crippen LogP contribution in [0.5, 0.6) is 0 Å². The normalized spacial score (nSPS) is 10.1. The molecule has 0 fully saturated rings. The van der Waals surface area contributed by atoms with Gasteiger partial charge in [0.2, 0.25) is 0 Å². The molecule has 0 amide bonds. The molecule has 0 saturated carbocycles. The Balaban J connectivity index is 3.60. The fourth-order valence-corrected chi connectivity index (χ4v) is 1.84. The molecule has 0 bridgehead atoms. The van der Waals surface area contributed by atoms with E-state index in [0.29, 0.717) is 0 Å². The van der Waals surface area contributed by atoms with Crippen molar-refractivity contribution in [1.82, 2.24) is 4.98 Å². The van der Waals surface area contributed by atoms with Gasteiger partial charge in [-0.05, 0) is 34.2 Å². The summed E-state index contributed by atoms with van der Waals surface area (Å²) in [5, 5.41) is 7.49. The van der Waals surface area contributed by atoms with E-state index >= 15 is 0 Å². The zero-order valence-electron chi connectivity index (χ0n) is 6.97. The Hall–Kier alpha value is -0.810. The molecule has 0 aromatic carbocycles. The molecule has 15 heavy (non-hydrogen) atoms. The van der Waals surface area contributed by atoms with Gasteiger partial charge in [-0.25, -0.2) is 13.8 Å².